The van der Waals surface area contributed by atoms with E-state index in [9.17, 15) is 15.0 Å². The summed E-state index contributed by atoms with van der Waals surface area (Å²) in [5, 5.41) is 25.2. The van der Waals surface area contributed by atoms with Crippen LogP contribution in [-0.4, -0.2) is 75.1 Å². The maximum absolute atomic E-state index is 13.2. The molecule has 62 heavy (non-hydrogen) atoms. The number of phenolic OH excluding ortho intramolecular Hbond substituents is 1. The van der Waals surface area contributed by atoms with Gasteiger partial charge in [-0.1, -0.05) is 78.7 Å². The molecule has 13 nitrogen and oxygen atoms in total. The van der Waals surface area contributed by atoms with Crippen molar-refractivity contribution in [2.45, 2.75) is 24.1 Å². The Kier molecular flexibility index (Phi) is 8.45. The molecule has 5 aromatic rings. The minimum atomic E-state index is -1.78. The number of carbonyl (C=O) groups is 1. The Labute approximate surface area is 355 Å². The number of rotatable bonds is 8. The van der Waals surface area contributed by atoms with Gasteiger partial charge in [0.2, 0.25) is 17.6 Å². The van der Waals surface area contributed by atoms with Crippen LogP contribution in [0.4, 0.5) is 11.4 Å². The summed E-state index contributed by atoms with van der Waals surface area (Å²) in [6, 6.07) is 37.2. The number of aliphatic hydroxyl groups is 1. The standard InChI is InChI=1S/C49H35N9O4/c1-62-36-24-20-32(21-25-36)48(31-18-22-35(59)23-19-31)44-53-40-13-7-5-11-38(40)42-29-34(52-47(55-48)58(42)44)9-3-2-8-27-50-43(60)30-14-16-33(17-15-30)49(61)45-54-39-12-6-4-10-37(39)41-26-28-51-46(56-49)57(41)45/h4-7,10-26,28-29,59,61H,2,8,27H2,1H3,(H,50,60). The third-order valence-electron chi connectivity index (χ3n) is 11.5. The minimum absolute atomic E-state index is 0.147. The molecular weight excluding hydrogens is 779 g/mol. The molecule has 3 N–H and O–H groups in total. The van der Waals surface area contributed by atoms with E-state index >= 15 is 0 Å². The molecule has 11 rings (SSSR count). The first kappa shape index (κ1) is 36.8. The summed E-state index contributed by atoms with van der Waals surface area (Å²) in [5.41, 5.74) is 5.39. The molecule has 0 fully saturated rings. The molecule has 0 aliphatic carbocycles. The van der Waals surface area contributed by atoms with Crippen molar-refractivity contribution < 1.29 is 19.7 Å². The second-order valence-corrected chi connectivity index (χ2v) is 15.2. The molecule has 6 aliphatic rings. The number of unbranched alkanes of at least 4 members (excludes halogenated alkanes) is 1. The molecule has 0 aromatic heterocycles. The molecule has 1 amide bonds. The van der Waals surface area contributed by atoms with Crippen LogP contribution in [0.5, 0.6) is 11.5 Å². The molecule has 2 unspecified atom stereocenters. The zero-order valence-corrected chi connectivity index (χ0v) is 33.2. The normalized spacial score (nSPS) is 20.6. The average molecular weight is 814 g/mol. The van der Waals surface area contributed by atoms with Crippen molar-refractivity contribution in [2.75, 3.05) is 13.7 Å². The van der Waals surface area contributed by atoms with Crippen LogP contribution >= 0.6 is 0 Å². The lowest BCUT2D eigenvalue weighted by atomic mass is 9.81. The highest BCUT2D eigenvalue weighted by molar-refractivity contribution is 6.29. The van der Waals surface area contributed by atoms with E-state index < -0.39 is 11.3 Å². The third-order valence-corrected chi connectivity index (χ3v) is 11.5. The minimum Gasteiger partial charge on any atom is -0.508 e. The van der Waals surface area contributed by atoms with E-state index in [1.165, 1.54) is 0 Å². The van der Waals surface area contributed by atoms with Crippen LogP contribution in [0.15, 0.2) is 163 Å². The van der Waals surface area contributed by atoms with Crippen LogP contribution in [0.2, 0.25) is 0 Å². The Hall–Kier alpha value is -8.21. The van der Waals surface area contributed by atoms with Crippen LogP contribution in [0.3, 0.4) is 0 Å². The SMILES string of the molecule is COc1ccc(C2(c3ccc(O)cc3)N=C3N=C(C#CCCCNC(=O)c4ccc(C5(O)N=C6N=CC=C7c8ccccc8N=C5N76)cc4)C=C4c5ccccc5N=C2N43)cc1. The molecule has 0 saturated heterocycles. The molecule has 6 aliphatic heterocycles. The summed E-state index contributed by atoms with van der Waals surface area (Å²) in [6.07, 6.45) is 6.64. The number of hydrogen-bond donors (Lipinski definition) is 3. The molecule has 0 saturated carbocycles. The zero-order valence-electron chi connectivity index (χ0n) is 33.2. The van der Waals surface area contributed by atoms with Gasteiger partial charge in [0, 0.05) is 41.4 Å². The second-order valence-electron chi connectivity index (χ2n) is 15.2. The maximum Gasteiger partial charge on any atom is 0.251 e. The number of benzene rings is 5. The third kappa shape index (κ3) is 5.72. The van der Waals surface area contributed by atoms with Gasteiger partial charge in [-0.2, -0.15) is 0 Å². The van der Waals surface area contributed by atoms with Crippen molar-refractivity contribution in [1.29, 1.82) is 0 Å². The van der Waals surface area contributed by atoms with Crippen LogP contribution in [-0.2, 0) is 11.3 Å². The maximum atomic E-state index is 13.2. The molecule has 5 aromatic carbocycles. The van der Waals surface area contributed by atoms with Gasteiger partial charge in [0.1, 0.15) is 17.2 Å². The van der Waals surface area contributed by atoms with Gasteiger partial charge in [-0.15, -0.1) is 0 Å². The number of phenols is 1. The Morgan fingerprint density at radius 3 is 2.11 bits per heavy atom. The lowest BCUT2D eigenvalue weighted by Crippen LogP contribution is -2.43. The molecule has 13 heteroatoms. The number of fused-ring (bicyclic) bond motifs is 4. The largest absolute Gasteiger partial charge is 0.508 e. The van der Waals surface area contributed by atoms with Crippen LogP contribution < -0.4 is 10.1 Å². The molecule has 6 heterocycles. The van der Waals surface area contributed by atoms with Gasteiger partial charge in [0.15, 0.2) is 17.2 Å². The summed E-state index contributed by atoms with van der Waals surface area (Å²) in [6.45, 7) is 0.406. The van der Waals surface area contributed by atoms with Gasteiger partial charge in [0.25, 0.3) is 5.91 Å². The van der Waals surface area contributed by atoms with E-state index in [-0.39, 0.29) is 11.7 Å². The van der Waals surface area contributed by atoms with E-state index in [0.717, 1.165) is 45.0 Å². The Morgan fingerprint density at radius 1 is 0.742 bits per heavy atom. The Balaban J connectivity index is 0.807. The van der Waals surface area contributed by atoms with E-state index in [1.54, 1.807) is 54.6 Å². The van der Waals surface area contributed by atoms with Gasteiger partial charge in [-0.3, -0.25) is 14.6 Å². The topological polar surface area (TPSA) is 159 Å². The van der Waals surface area contributed by atoms with Crippen LogP contribution in [0.25, 0.3) is 11.4 Å². The van der Waals surface area contributed by atoms with E-state index in [1.807, 2.05) is 102 Å². The molecule has 0 bridgehead atoms. The lowest BCUT2D eigenvalue weighted by Gasteiger charge is -2.35. The number of aromatic hydroxyl groups is 1. The van der Waals surface area contributed by atoms with Crippen molar-refractivity contribution in [2.24, 2.45) is 30.0 Å². The summed E-state index contributed by atoms with van der Waals surface area (Å²) < 4.78 is 5.47. The molecule has 0 radical (unpaired) electrons. The second kappa shape index (κ2) is 14.2. The highest BCUT2D eigenvalue weighted by Gasteiger charge is 2.53. The molecule has 2 atom stereocenters. The Morgan fingerprint density at radius 2 is 1.39 bits per heavy atom. The first-order valence-corrected chi connectivity index (χ1v) is 20.1. The molecule has 0 spiro atoms. The summed E-state index contributed by atoms with van der Waals surface area (Å²) in [4.78, 5) is 46.2. The number of ether oxygens (including phenoxy) is 1. The number of para-hydroxylation sites is 2. The van der Waals surface area contributed by atoms with Crippen molar-refractivity contribution in [3.05, 3.63) is 167 Å². The van der Waals surface area contributed by atoms with Crippen molar-refractivity contribution in [1.82, 2.24) is 15.1 Å². The van der Waals surface area contributed by atoms with Gasteiger partial charge in [0.05, 0.1) is 29.9 Å². The molecular formula is C49H35N9O4. The fourth-order valence-corrected chi connectivity index (χ4v) is 8.50. The monoisotopic (exact) mass is 813 g/mol. The number of amides is 1. The highest BCUT2D eigenvalue weighted by atomic mass is 16.5. The van der Waals surface area contributed by atoms with Gasteiger partial charge in [-0.25, -0.2) is 30.0 Å². The smallest absolute Gasteiger partial charge is 0.251 e. The van der Waals surface area contributed by atoms with Crippen LogP contribution in [0.1, 0.15) is 51.0 Å². The summed E-state index contributed by atoms with van der Waals surface area (Å²) in [5.74, 6) is 8.93. The number of nitrogens with zero attached hydrogens (tertiary/aromatic N) is 8. The number of guanidine groups is 2. The van der Waals surface area contributed by atoms with Crippen molar-refractivity contribution in [3.8, 4) is 23.3 Å². The average Bonchev–Trinajstić information content (AvgIpc) is 3.80. The van der Waals surface area contributed by atoms with Gasteiger partial charge >= 0.3 is 0 Å². The van der Waals surface area contributed by atoms with Crippen molar-refractivity contribution in [3.63, 3.8) is 0 Å². The predicted octanol–water partition coefficient (Wildman–Crippen LogP) is 7.05. The van der Waals surface area contributed by atoms with E-state index in [0.29, 0.717) is 65.6 Å². The summed E-state index contributed by atoms with van der Waals surface area (Å²) in [7, 11) is 1.63. The quantitative estimate of drug-likeness (QED) is 0.113. The number of allylic oxidation sites excluding steroid dienone is 2. The summed E-state index contributed by atoms with van der Waals surface area (Å²) >= 11 is 0. The predicted molar refractivity (Wildman–Crippen MR) is 239 cm³/mol. The first-order valence-electron chi connectivity index (χ1n) is 20.1. The van der Waals surface area contributed by atoms with E-state index in [2.05, 4.69) is 27.1 Å². The highest BCUT2D eigenvalue weighted by Crippen LogP contribution is 2.50. The fraction of sp³-hybridized carbons (Fsp3) is 0.122. The number of methoxy groups -OCH3 is 1. The number of hydrogen-bond acceptors (Lipinski definition) is 12. The number of aliphatic imine (C=N–C) groups is 6. The van der Waals surface area contributed by atoms with E-state index in [4.69, 9.17) is 24.7 Å². The number of carbonyl (C=O) groups excluding carboxylic acids is 1. The fourth-order valence-electron chi connectivity index (χ4n) is 8.50. The lowest BCUT2D eigenvalue weighted by molar-refractivity contribution is 0.0952. The Bertz CT molecular complexity index is 3060. The number of amidine groups is 2. The van der Waals surface area contributed by atoms with Gasteiger partial charge in [-0.05, 0) is 84.2 Å². The van der Waals surface area contributed by atoms with Crippen LogP contribution in [0, 0.1) is 11.8 Å². The number of nitrogens with one attached hydrogen (secondary N) is 1. The first-order chi connectivity index (χ1) is 30.3. The van der Waals surface area contributed by atoms with Gasteiger partial charge < -0.3 is 20.3 Å². The van der Waals surface area contributed by atoms with Crippen molar-refractivity contribution >= 4 is 64.2 Å². The zero-order chi connectivity index (χ0) is 42.0. The molecule has 300 valence electrons.